The van der Waals surface area contributed by atoms with Gasteiger partial charge in [-0.3, -0.25) is 14.5 Å². The smallest absolute Gasteiger partial charge is 0.290 e. The number of morpholine rings is 1. The molecule has 190 valence electrons. The summed E-state index contributed by atoms with van der Waals surface area (Å²) in [6.45, 7) is 12.6. The van der Waals surface area contributed by atoms with E-state index in [0.29, 0.717) is 56.9 Å². The molecule has 0 bridgehead atoms. The van der Waals surface area contributed by atoms with Crippen molar-refractivity contribution in [3.8, 4) is 5.75 Å². The lowest BCUT2D eigenvalue weighted by Gasteiger charge is -2.35. The van der Waals surface area contributed by atoms with Crippen LogP contribution in [0, 0.1) is 25.7 Å². The topological polar surface area (TPSA) is 125 Å². The lowest BCUT2D eigenvalue weighted by Crippen LogP contribution is -2.45. The van der Waals surface area contributed by atoms with Gasteiger partial charge in [0.1, 0.15) is 11.9 Å². The van der Waals surface area contributed by atoms with Gasteiger partial charge in [0.05, 0.1) is 37.3 Å². The van der Waals surface area contributed by atoms with Gasteiger partial charge in [-0.2, -0.15) is 0 Å². The number of aryl methyl sites for hydroxylation is 2. The summed E-state index contributed by atoms with van der Waals surface area (Å²) in [6.07, 6.45) is 0.723. The van der Waals surface area contributed by atoms with E-state index in [-0.39, 0.29) is 24.4 Å². The van der Waals surface area contributed by atoms with Crippen LogP contribution in [0.25, 0.3) is 0 Å². The summed E-state index contributed by atoms with van der Waals surface area (Å²) in [5, 5.41) is 17.7. The standard InChI is InChI=1S/C23H36N4O4.CH2O2/c1-14(2)23-24-15(3)22(16(4)25-23)31-20-10-18-12-26(11-17(18)9-19(20)28)13-21(29)27-5-7-30-8-6-27;2-1-3/h14,17-20,28H,5-13H2,1-4H3;1H,(H,2,3)/t17-,18+,19+,20+;/m0./s1. The number of fused-ring (bicyclic) bond motifs is 1. The van der Waals surface area contributed by atoms with Crippen molar-refractivity contribution in [2.75, 3.05) is 45.9 Å². The summed E-state index contributed by atoms with van der Waals surface area (Å²) >= 11 is 0. The largest absolute Gasteiger partial charge is 0.484 e. The van der Waals surface area contributed by atoms with Gasteiger partial charge in [-0.05, 0) is 38.5 Å². The van der Waals surface area contributed by atoms with Gasteiger partial charge in [-0.15, -0.1) is 0 Å². The summed E-state index contributed by atoms with van der Waals surface area (Å²) in [7, 11) is 0. The van der Waals surface area contributed by atoms with E-state index in [4.69, 9.17) is 19.4 Å². The minimum atomic E-state index is -0.514. The molecule has 2 aliphatic heterocycles. The first-order valence-electron chi connectivity index (χ1n) is 12.1. The molecule has 1 aliphatic carbocycles. The Morgan fingerprint density at radius 1 is 1.15 bits per heavy atom. The molecule has 2 N–H and O–H groups in total. The summed E-state index contributed by atoms with van der Waals surface area (Å²) in [5.41, 5.74) is 1.66. The minimum Gasteiger partial charge on any atom is -0.484 e. The molecule has 3 aliphatic rings. The molecule has 2 saturated heterocycles. The fourth-order valence-electron chi connectivity index (χ4n) is 5.16. The third-order valence-corrected chi connectivity index (χ3v) is 6.89. The molecule has 4 rings (SSSR count). The fraction of sp³-hybridized carbons (Fsp3) is 0.750. The normalized spacial score (nSPS) is 27.1. The van der Waals surface area contributed by atoms with E-state index in [1.165, 1.54) is 0 Å². The van der Waals surface area contributed by atoms with E-state index in [1.54, 1.807) is 0 Å². The Hall–Kier alpha value is -2.30. The molecule has 1 aromatic rings. The molecule has 0 spiro atoms. The van der Waals surface area contributed by atoms with Crippen LogP contribution in [0.15, 0.2) is 0 Å². The van der Waals surface area contributed by atoms with Crippen molar-refractivity contribution >= 4 is 12.4 Å². The highest BCUT2D eigenvalue weighted by Crippen LogP contribution is 2.38. The van der Waals surface area contributed by atoms with Crippen molar-refractivity contribution in [2.24, 2.45) is 11.8 Å². The monoisotopic (exact) mass is 478 g/mol. The number of hydrogen-bond donors (Lipinski definition) is 2. The molecule has 10 nitrogen and oxygen atoms in total. The second-order valence-corrected chi connectivity index (χ2v) is 9.74. The van der Waals surface area contributed by atoms with Crippen molar-refractivity contribution < 1.29 is 29.3 Å². The van der Waals surface area contributed by atoms with E-state index in [2.05, 4.69) is 28.7 Å². The minimum absolute atomic E-state index is 0.184. The molecular weight excluding hydrogens is 440 g/mol. The van der Waals surface area contributed by atoms with E-state index >= 15 is 0 Å². The quantitative estimate of drug-likeness (QED) is 0.601. The molecule has 3 heterocycles. The van der Waals surface area contributed by atoms with Crippen LogP contribution in [0.4, 0.5) is 0 Å². The first-order valence-corrected chi connectivity index (χ1v) is 12.1. The van der Waals surface area contributed by atoms with Crippen LogP contribution in [-0.4, -0.2) is 101 Å². The van der Waals surface area contributed by atoms with Crippen LogP contribution in [0.3, 0.4) is 0 Å². The summed E-state index contributed by atoms with van der Waals surface area (Å²) < 4.78 is 11.6. The molecule has 0 radical (unpaired) electrons. The first-order chi connectivity index (χ1) is 16.2. The second kappa shape index (κ2) is 11.9. The number of rotatable bonds is 5. The lowest BCUT2D eigenvalue weighted by molar-refractivity contribution is -0.136. The summed E-state index contributed by atoms with van der Waals surface area (Å²) in [6, 6.07) is 0. The van der Waals surface area contributed by atoms with Gasteiger partial charge in [0.2, 0.25) is 5.91 Å². The Balaban J connectivity index is 0.00000103. The molecular formula is C24H38N4O6. The number of carboxylic acid groups (broad SMARTS) is 1. The maximum atomic E-state index is 12.6. The third kappa shape index (κ3) is 6.43. The number of carbonyl (C=O) groups is 2. The fourth-order valence-corrected chi connectivity index (χ4v) is 5.16. The Bertz CT molecular complexity index is 822. The molecule has 34 heavy (non-hydrogen) atoms. The van der Waals surface area contributed by atoms with Crippen LogP contribution < -0.4 is 4.74 Å². The van der Waals surface area contributed by atoms with Crippen LogP contribution in [0.1, 0.15) is 49.8 Å². The number of amides is 1. The molecule has 10 heteroatoms. The van der Waals surface area contributed by atoms with Crippen LogP contribution in [0.2, 0.25) is 0 Å². The molecule has 3 fully saturated rings. The van der Waals surface area contributed by atoms with Crippen molar-refractivity contribution in [1.82, 2.24) is 19.8 Å². The van der Waals surface area contributed by atoms with Gasteiger partial charge in [0, 0.05) is 32.1 Å². The number of nitrogens with zero attached hydrogens (tertiary/aromatic N) is 4. The average molecular weight is 479 g/mol. The molecule has 1 saturated carbocycles. The predicted octanol–water partition coefficient (Wildman–Crippen LogP) is 1.23. The number of aliphatic hydroxyl groups is 1. The summed E-state index contributed by atoms with van der Waals surface area (Å²) in [4.78, 5) is 34.3. The van der Waals surface area contributed by atoms with E-state index < -0.39 is 6.10 Å². The van der Waals surface area contributed by atoms with Crippen LogP contribution >= 0.6 is 0 Å². The van der Waals surface area contributed by atoms with Gasteiger partial charge < -0.3 is 24.6 Å². The highest BCUT2D eigenvalue weighted by molar-refractivity contribution is 5.78. The van der Waals surface area contributed by atoms with Crippen LogP contribution in [0.5, 0.6) is 5.75 Å². The first kappa shape index (κ1) is 26.3. The zero-order chi connectivity index (χ0) is 24.8. The Morgan fingerprint density at radius 2 is 1.71 bits per heavy atom. The Labute approximate surface area is 201 Å². The summed E-state index contributed by atoms with van der Waals surface area (Å²) in [5.74, 6) is 2.81. The Morgan fingerprint density at radius 3 is 2.26 bits per heavy atom. The molecule has 4 atom stereocenters. The van der Waals surface area contributed by atoms with E-state index in [1.807, 2.05) is 18.7 Å². The number of aromatic nitrogens is 2. The lowest BCUT2D eigenvalue weighted by atomic mass is 9.78. The van der Waals surface area contributed by atoms with Gasteiger partial charge in [-0.1, -0.05) is 13.8 Å². The maximum Gasteiger partial charge on any atom is 0.290 e. The van der Waals surface area contributed by atoms with E-state index in [9.17, 15) is 9.90 Å². The highest BCUT2D eigenvalue weighted by atomic mass is 16.5. The SMILES string of the molecule is Cc1nc(C(C)C)nc(C)c1O[C@@H]1C[C@@H]2CN(CC(=O)N3CCOCC3)C[C@@H]2C[C@H]1O.O=CO. The highest BCUT2D eigenvalue weighted by Gasteiger charge is 2.43. The second-order valence-electron chi connectivity index (χ2n) is 9.74. The number of likely N-dealkylation sites (tertiary alicyclic amines) is 1. The molecule has 0 aromatic carbocycles. The van der Waals surface area contributed by atoms with Crippen molar-refractivity contribution in [3.05, 3.63) is 17.2 Å². The molecule has 0 unspecified atom stereocenters. The zero-order valence-electron chi connectivity index (χ0n) is 20.6. The Kier molecular flexibility index (Phi) is 9.21. The van der Waals surface area contributed by atoms with E-state index in [0.717, 1.165) is 36.7 Å². The van der Waals surface area contributed by atoms with Crippen molar-refractivity contribution in [2.45, 2.75) is 58.7 Å². The number of aliphatic hydroxyl groups excluding tert-OH is 1. The van der Waals surface area contributed by atoms with Crippen LogP contribution in [-0.2, 0) is 14.3 Å². The molecule has 1 aromatic heterocycles. The third-order valence-electron chi connectivity index (χ3n) is 6.89. The van der Waals surface area contributed by atoms with Gasteiger partial charge in [0.15, 0.2) is 5.75 Å². The van der Waals surface area contributed by atoms with Gasteiger partial charge >= 0.3 is 0 Å². The van der Waals surface area contributed by atoms with Gasteiger partial charge in [0.25, 0.3) is 6.47 Å². The van der Waals surface area contributed by atoms with Crippen molar-refractivity contribution in [1.29, 1.82) is 0 Å². The number of carbonyl (C=O) groups excluding carboxylic acids is 1. The van der Waals surface area contributed by atoms with Gasteiger partial charge in [-0.25, -0.2) is 9.97 Å². The van der Waals surface area contributed by atoms with Crippen molar-refractivity contribution in [3.63, 3.8) is 0 Å². The average Bonchev–Trinajstić information content (AvgIpc) is 3.17. The zero-order valence-corrected chi connectivity index (χ0v) is 20.6. The maximum absolute atomic E-state index is 12.6. The number of hydrogen-bond acceptors (Lipinski definition) is 8. The molecule has 1 amide bonds. The predicted molar refractivity (Wildman–Crippen MR) is 125 cm³/mol. The number of ether oxygens (including phenoxy) is 2.